The van der Waals surface area contributed by atoms with Gasteiger partial charge < -0.3 is 0 Å². The van der Waals surface area contributed by atoms with E-state index in [0.29, 0.717) is 13.8 Å². The maximum atomic E-state index is 5.42. The van der Waals surface area contributed by atoms with Crippen LogP contribution < -0.4 is 0 Å². The van der Waals surface area contributed by atoms with E-state index in [1.807, 2.05) is 0 Å². The van der Waals surface area contributed by atoms with E-state index in [1.165, 1.54) is 18.7 Å². The van der Waals surface area contributed by atoms with Crippen molar-refractivity contribution in [1.29, 1.82) is 0 Å². The van der Waals surface area contributed by atoms with Crippen LogP contribution in [0, 0.1) is 24.2 Å². The first-order chi connectivity index (χ1) is 4.77. The molecule has 0 aromatic heterocycles. The molecule has 0 bridgehead atoms. The van der Waals surface area contributed by atoms with Gasteiger partial charge in [0.2, 0.25) is 0 Å². The van der Waals surface area contributed by atoms with E-state index in [9.17, 15) is 0 Å². The van der Waals surface area contributed by atoms with Gasteiger partial charge in [0, 0.05) is 5.92 Å². The van der Waals surface area contributed by atoms with Crippen molar-refractivity contribution in [1.82, 2.24) is 0 Å². The first-order valence-electron chi connectivity index (χ1n) is 3.92. The molecule has 1 saturated heterocycles. The third-order valence-electron chi connectivity index (χ3n) is 2.36. The Hall–Kier alpha value is -0.0100. The van der Waals surface area contributed by atoms with Gasteiger partial charge in [-0.1, -0.05) is 13.3 Å². The summed E-state index contributed by atoms with van der Waals surface area (Å²) in [6, 6.07) is 0. The smallest absolute Gasteiger partial charge is 0.0270 e. The molecule has 0 N–H and O–H groups in total. The number of hydrogen-bond acceptors (Lipinski definition) is 0. The SMILES string of the molecule is C#CC1CP(C)CC1CC. The Morgan fingerprint density at radius 1 is 1.60 bits per heavy atom. The van der Waals surface area contributed by atoms with Crippen molar-refractivity contribution in [3.8, 4) is 12.3 Å². The number of hydrogen-bond donors (Lipinski definition) is 0. The maximum Gasteiger partial charge on any atom is 0.0270 e. The van der Waals surface area contributed by atoms with Crippen LogP contribution in [0.1, 0.15) is 13.3 Å². The van der Waals surface area contributed by atoms with Gasteiger partial charge in [0.1, 0.15) is 0 Å². The summed E-state index contributed by atoms with van der Waals surface area (Å²) in [7, 11) is 0.302. The van der Waals surface area contributed by atoms with E-state index >= 15 is 0 Å². The van der Waals surface area contributed by atoms with Gasteiger partial charge in [-0.15, -0.1) is 20.3 Å². The average molecular weight is 154 g/mol. The van der Waals surface area contributed by atoms with Crippen LogP contribution in [0.25, 0.3) is 0 Å². The molecular formula is C9H15P. The minimum atomic E-state index is 0.302. The summed E-state index contributed by atoms with van der Waals surface area (Å²) in [5.41, 5.74) is 0. The average Bonchev–Trinajstić information content (AvgIpc) is 2.30. The first kappa shape index (κ1) is 8.09. The van der Waals surface area contributed by atoms with Crippen molar-refractivity contribution >= 4 is 7.92 Å². The Kier molecular flexibility index (Phi) is 2.75. The maximum absolute atomic E-state index is 5.42. The second kappa shape index (κ2) is 3.40. The molecule has 1 rings (SSSR count). The van der Waals surface area contributed by atoms with E-state index in [4.69, 9.17) is 6.42 Å². The van der Waals surface area contributed by atoms with E-state index in [2.05, 4.69) is 19.5 Å². The Morgan fingerprint density at radius 3 is 2.70 bits per heavy atom. The minimum Gasteiger partial charge on any atom is -0.120 e. The summed E-state index contributed by atoms with van der Waals surface area (Å²) in [6.45, 7) is 4.62. The molecule has 0 radical (unpaired) electrons. The molecule has 0 saturated carbocycles. The molecule has 0 aromatic carbocycles. The molecule has 0 nitrogen and oxygen atoms in total. The van der Waals surface area contributed by atoms with E-state index in [0.717, 1.165) is 5.92 Å². The fourth-order valence-electron chi connectivity index (χ4n) is 1.69. The van der Waals surface area contributed by atoms with Gasteiger partial charge in [0.15, 0.2) is 0 Å². The number of terminal acetylenes is 1. The molecule has 56 valence electrons. The predicted octanol–water partition coefficient (Wildman–Crippen LogP) is 2.39. The minimum absolute atomic E-state index is 0.302. The highest BCUT2D eigenvalue weighted by Crippen LogP contribution is 2.46. The lowest BCUT2D eigenvalue weighted by Crippen LogP contribution is -2.08. The normalized spacial score (nSPS) is 39.5. The first-order valence-corrected chi connectivity index (χ1v) is 6.08. The molecule has 0 aromatic rings. The van der Waals surface area contributed by atoms with Gasteiger partial charge in [-0.3, -0.25) is 0 Å². The van der Waals surface area contributed by atoms with E-state index < -0.39 is 0 Å². The molecule has 0 spiro atoms. The highest BCUT2D eigenvalue weighted by atomic mass is 31.1. The zero-order valence-electron chi connectivity index (χ0n) is 6.80. The molecule has 1 fully saturated rings. The molecule has 1 aliphatic heterocycles. The van der Waals surface area contributed by atoms with Crippen molar-refractivity contribution in [2.75, 3.05) is 19.0 Å². The predicted molar refractivity (Wildman–Crippen MR) is 48.7 cm³/mol. The van der Waals surface area contributed by atoms with Crippen LogP contribution in [0.4, 0.5) is 0 Å². The van der Waals surface area contributed by atoms with E-state index in [-0.39, 0.29) is 0 Å². The second-order valence-corrected chi connectivity index (χ2v) is 5.61. The van der Waals surface area contributed by atoms with Crippen LogP contribution in [0.5, 0.6) is 0 Å². The van der Waals surface area contributed by atoms with Gasteiger partial charge in [-0.25, -0.2) is 0 Å². The van der Waals surface area contributed by atoms with E-state index in [1.54, 1.807) is 0 Å². The van der Waals surface area contributed by atoms with Crippen molar-refractivity contribution in [2.45, 2.75) is 13.3 Å². The van der Waals surface area contributed by atoms with Crippen LogP contribution in [0.2, 0.25) is 0 Å². The summed E-state index contributed by atoms with van der Waals surface area (Å²) in [4.78, 5) is 0. The monoisotopic (exact) mass is 154 g/mol. The zero-order chi connectivity index (χ0) is 7.56. The molecule has 3 unspecified atom stereocenters. The molecule has 1 heteroatoms. The second-order valence-electron chi connectivity index (χ2n) is 3.16. The quantitative estimate of drug-likeness (QED) is 0.402. The third kappa shape index (κ3) is 1.53. The van der Waals surface area contributed by atoms with Crippen molar-refractivity contribution < 1.29 is 0 Å². The molecule has 0 amide bonds. The van der Waals surface area contributed by atoms with Crippen LogP contribution in [0.15, 0.2) is 0 Å². The standard InChI is InChI=1S/C9H15P/c1-4-8-6-10(3)7-9(8)5-2/h1,8-9H,5-7H2,2-3H3. The molecule has 3 atom stereocenters. The van der Waals surface area contributed by atoms with Gasteiger partial charge >= 0.3 is 0 Å². The molecule has 1 aliphatic rings. The largest absolute Gasteiger partial charge is 0.120 e. The topological polar surface area (TPSA) is 0 Å². The Labute approximate surface area is 65.2 Å². The van der Waals surface area contributed by atoms with Gasteiger partial charge in [-0.2, -0.15) is 0 Å². The fraction of sp³-hybridized carbons (Fsp3) is 0.778. The van der Waals surface area contributed by atoms with Crippen LogP contribution >= 0.6 is 7.92 Å². The lowest BCUT2D eigenvalue weighted by Gasteiger charge is -2.09. The summed E-state index contributed by atoms with van der Waals surface area (Å²) in [5, 5.41) is 0. The lowest BCUT2D eigenvalue weighted by atomic mass is 9.95. The van der Waals surface area contributed by atoms with Crippen LogP contribution in [-0.2, 0) is 0 Å². The van der Waals surface area contributed by atoms with Crippen LogP contribution in [-0.4, -0.2) is 19.0 Å². The fourth-order valence-corrected chi connectivity index (χ4v) is 4.23. The lowest BCUT2D eigenvalue weighted by molar-refractivity contribution is 0.493. The van der Waals surface area contributed by atoms with Gasteiger partial charge in [-0.05, 0) is 24.9 Å². The Balaban J connectivity index is 2.51. The summed E-state index contributed by atoms with van der Waals surface area (Å²) in [6.07, 6.45) is 9.44. The zero-order valence-corrected chi connectivity index (χ0v) is 7.70. The number of rotatable bonds is 1. The van der Waals surface area contributed by atoms with Crippen molar-refractivity contribution in [2.24, 2.45) is 11.8 Å². The molecule has 10 heavy (non-hydrogen) atoms. The molecular weight excluding hydrogens is 139 g/mol. The van der Waals surface area contributed by atoms with Gasteiger partial charge in [0.05, 0.1) is 0 Å². The highest BCUT2D eigenvalue weighted by molar-refractivity contribution is 7.57. The molecule has 1 heterocycles. The Bertz CT molecular complexity index is 145. The third-order valence-corrected chi connectivity index (χ3v) is 4.47. The summed E-state index contributed by atoms with van der Waals surface area (Å²) < 4.78 is 0. The van der Waals surface area contributed by atoms with Crippen molar-refractivity contribution in [3.63, 3.8) is 0 Å². The highest BCUT2D eigenvalue weighted by Gasteiger charge is 2.28. The molecule has 0 aliphatic carbocycles. The Morgan fingerprint density at radius 2 is 2.30 bits per heavy atom. The summed E-state index contributed by atoms with van der Waals surface area (Å²) >= 11 is 0. The van der Waals surface area contributed by atoms with Crippen molar-refractivity contribution in [3.05, 3.63) is 0 Å². The summed E-state index contributed by atoms with van der Waals surface area (Å²) in [5.74, 6) is 4.37. The van der Waals surface area contributed by atoms with Crippen LogP contribution in [0.3, 0.4) is 0 Å². The van der Waals surface area contributed by atoms with Gasteiger partial charge in [0.25, 0.3) is 0 Å².